The average Bonchev–Trinajstić information content (AvgIpc) is 3.16. The molecule has 0 radical (unpaired) electrons. The molecule has 2 saturated heterocycles. The van der Waals surface area contributed by atoms with Gasteiger partial charge in [0.25, 0.3) is 5.69 Å². The van der Waals surface area contributed by atoms with Crippen LogP contribution < -0.4 is 0 Å². The third kappa shape index (κ3) is 3.97. The maximum atomic E-state index is 12.8. The summed E-state index contributed by atoms with van der Waals surface area (Å²) in [5.41, 5.74) is 0.589. The predicted octanol–water partition coefficient (Wildman–Crippen LogP) is 2.14. The van der Waals surface area contributed by atoms with Crippen molar-refractivity contribution in [2.75, 3.05) is 19.6 Å². The van der Waals surface area contributed by atoms with Gasteiger partial charge in [0.05, 0.1) is 11.3 Å². The van der Waals surface area contributed by atoms with Crippen molar-refractivity contribution in [1.29, 1.82) is 0 Å². The first-order valence-electron chi connectivity index (χ1n) is 8.88. The zero-order valence-corrected chi connectivity index (χ0v) is 14.2. The molecule has 2 amide bonds. The third-order valence-electron chi connectivity index (χ3n) is 5.00. The molecule has 0 bridgehead atoms. The minimum atomic E-state index is -0.464. The number of hydrogen-bond acceptors (Lipinski definition) is 4. The van der Waals surface area contributed by atoms with Gasteiger partial charge in [0, 0.05) is 31.8 Å². The van der Waals surface area contributed by atoms with E-state index in [0.29, 0.717) is 18.5 Å². The van der Waals surface area contributed by atoms with Crippen molar-refractivity contribution in [2.45, 2.75) is 44.6 Å². The van der Waals surface area contributed by atoms with Gasteiger partial charge < -0.3 is 9.80 Å². The largest absolute Gasteiger partial charge is 0.341 e. The van der Waals surface area contributed by atoms with E-state index in [-0.39, 0.29) is 30.0 Å². The van der Waals surface area contributed by atoms with Crippen LogP contribution in [0.25, 0.3) is 0 Å². The highest BCUT2D eigenvalue weighted by molar-refractivity contribution is 5.89. The SMILES string of the molecule is O=C([C@@H]1CCCCN1C(=O)Cc1cccc([N+](=O)[O-])c1)N1CCCC1. The number of nitro benzene ring substituents is 1. The second kappa shape index (κ2) is 7.63. The molecule has 25 heavy (non-hydrogen) atoms. The van der Waals surface area contributed by atoms with Crippen LogP contribution in [0.3, 0.4) is 0 Å². The first-order chi connectivity index (χ1) is 12.1. The molecular formula is C18H23N3O4. The van der Waals surface area contributed by atoms with Gasteiger partial charge in [-0.15, -0.1) is 0 Å². The molecule has 1 aromatic carbocycles. The number of amides is 2. The highest BCUT2D eigenvalue weighted by Gasteiger charge is 2.35. The first kappa shape index (κ1) is 17.4. The normalized spacial score (nSPS) is 20.6. The lowest BCUT2D eigenvalue weighted by Gasteiger charge is -2.36. The van der Waals surface area contributed by atoms with Gasteiger partial charge >= 0.3 is 0 Å². The highest BCUT2D eigenvalue weighted by Crippen LogP contribution is 2.23. The molecule has 134 valence electrons. The Hall–Kier alpha value is -2.44. The molecule has 0 spiro atoms. The van der Waals surface area contributed by atoms with E-state index < -0.39 is 4.92 Å². The van der Waals surface area contributed by atoms with E-state index in [4.69, 9.17) is 0 Å². The molecule has 0 N–H and O–H groups in total. The van der Waals surface area contributed by atoms with Gasteiger partial charge in [0.2, 0.25) is 11.8 Å². The molecule has 0 aromatic heterocycles. The van der Waals surface area contributed by atoms with Crippen molar-refractivity contribution in [1.82, 2.24) is 9.80 Å². The lowest BCUT2D eigenvalue weighted by Crippen LogP contribution is -2.52. The van der Waals surface area contributed by atoms with Crippen molar-refractivity contribution in [3.8, 4) is 0 Å². The smallest absolute Gasteiger partial charge is 0.269 e. The number of non-ortho nitro benzene ring substituents is 1. The van der Waals surface area contributed by atoms with Crippen molar-refractivity contribution in [2.24, 2.45) is 0 Å². The minimum Gasteiger partial charge on any atom is -0.341 e. The summed E-state index contributed by atoms with van der Waals surface area (Å²) >= 11 is 0. The van der Waals surface area contributed by atoms with Gasteiger partial charge in [-0.1, -0.05) is 12.1 Å². The van der Waals surface area contributed by atoms with Gasteiger partial charge in [0.15, 0.2) is 0 Å². The molecule has 0 aliphatic carbocycles. The highest BCUT2D eigenvalue weighted by atomic mass is 16.6. The van der Waals surface area contributed by atoms with E-state index in [2.05, 4.69) is 0 Å². The van der Waals surface area contributed by atoms with Gasteiger partial charge in [-0.25, -0.2) is 0 Å². The Kier molecular flexibility index (Phi) is 5.31. The zero-order valence-electron chi connectivity index (χ0n) is 14.2. The lowest BCUT2D eigenvalue weighted by molar-refractivity contribution is -0.384. The molecule has 0 unspecified atom stereocenters. The number of nitrogens with zero attached hydrogens (tertiary/aromatic N) is 3. The second-order valence-corrected chi connectivity index (χ2v) is 6.73. The van der Waals surface area contributed by atoms with Crippen molar-refractivity contribution >= 4 is 17.5 Å². The molecule has 2 heterocycles. The molecule has 0 saturated carbocycles. The average molecular weight is 345 g/mol. The van der Waals surface area contributed by atoms with E-state index in [1.165, 1.54) is 12.1 Å². The quantitative estimate of drug-likeness (QED) is 0.618. The Morgan fingerprint density at radius 3 is 2.56 bits per heavy atom. The van der Waals surface area contributed by atoms with E-state index in [1.54, 1.807) is 17.0 Å². The fourth-order valence-electron chi connectivity index (χ4n) is 3.69. The minimum absolute atomic E-state index is 0.0198. The summed E-state index contributed by atoms with van der Waals surface area (Å²) in [5.74, 6) is -0.0673. The first-order valence-corrected chi connectivity index (χ1v) is 8.88. The fraction of sp³-hybridized carbons (Fsp3) is 0.556. The van der Waals surface area contributed by atoms with E-state index in [1.807, 2.05) is 4.90 Å². The molecule has 2 aliphatic heterocycles. The topological polar surface area (TPSA) is 83.8 Å². The maximum Gasteiger partial charge on any atom is 0.269 e. The van der Waals surface area contributed by atoms with Crippen LogP contribution in [-0.4, -0.2) is 52.2 Å². The summed E-state index contributed by atoms with van der Waals surface area (Å²) < 4.78 is 0. The number of carbonyl (C=O) groups excluding carboxylic acids is 2. The monoisotopic (exact) mass is 345 g/mol. The van der Waals surface area contributed by atoms with E-state index in [0.717, 1.165) is 38.8 Å². The number of hydrogen-bond donors (Lipinski definition) is 0. The zero-order chi connectivity index (χ0) is 17.8. The maximum absolute atomic E-state index is 12.8. The Bertz CT molecular complexity index is 670. The number of piperidine rings is 1. The predicted molar refractivity (Wildman–Crippen MR) is 92.0 cm³/mol. The fourth-order valence-corrected chi connectivity index (χ4v) is 3.69. The van der Waals surface area contributed by atoms with Crippen molar-refractivity contribution < 1.29 is 14.5 Å². The van der Waals surface area contributed by atoms with Crippen molar-refractivity contribution in [3.05, 3.63) is 39.9 Å². The third-order valence-corrected chi connectivity index (χ3v) is 5.00. The summed E-state index contributed by atoms with van der Waals surface area (Å²) in [7, 11) is 0. The van der Waals surface area contributed by atoms with Gasteiger partial charge in [0.1, 0.15) is 6.04 Å². The molecule has 1 aromatic rings. The Morgan fingerprint density at radius 2 is 1.84 bits per heavy atom. The van der Waals surface area contributed by atoms with Crippen LogP contribution in [-0.2, 0) is 16.0 Å². The van der Waals surface area contributed by atoms with Gasteiger partial charge in [-0.2, -0.15) is 0 Å². The number of rotatable bonds is 4. The Morgan fingerprint density at radius 1 is 1.12 bits per heavy atom. The summed E-state index contributed by atoms with van der Waals surface area (Å²) in [6.45, 7) is 2.14. The van der Waals surface area contributed by atoms with Crippen LogP contribution in [0.4, 0.5) is 5.69 Å². The number of carbonyl (C=O) groups is 2. The van der Waals surface area contributed by atoms with Crippen LogP contribution >= 0.6 is 0 Å². The summed E-state index contributed by atoms with van der Waals surface area (Å²) in [6, 6.07) is 5.77. The van der Waals surface area contributed by atoms with Gasteiger partial charge in [-0.3, -0.25) is 19.7 Å². The Labute approximate surface area is 146 Å². The molecule has 3 rings (SSSR count). The molecule has 7 heteroatoms. The molecule has 2 fully saturated rings. The summed E-state index contributed by atoms with van der Waals surface area (Å²) in [4.78, 5) is 39.5. The van der Waals surface area contributed by atoms with E-state index >= 15 is 0 Å². The standard InChI is InChI=1S/C18H23N3O4/c22-17(13-14-6-5-7-15(12-14)21(24)25)20-11-2-1-8-16(20)18(23)19-9-3-4-10-19/h5-7,12,16H,1-4,8-11,13H2/t16-/m0/s1. The number of nitro groups is 1. The molecule has 7 nitrogen and oxygen atoms in total. The second-order valence-electron chi connectivity index (χ2n) is 6.73. The molecule has 2 aliphatic rings. The van der Waals surface area contributed by atoms with Crippen LogP contribution in [0.1, 0.15) is 37.7 Å². The molecular weight excluding hydrogens is 322 g/mol. The number of benzene rings is 1. The lowest BCUT2D eigenvalue weighted by atomic mass is 9.99. The summed E-state index contributed by atoms with van der Waals surface area (Å²) in [6.07, 6.45) is 4.69. The van der Waals surface area contributed by atoms with E-state index in [9.17, 15) is 19.7 Å². The summed E-state index contributed by atoms with van der Waals surface area (Å²) in [5, 5.41) is 10.9. The van der Waals surface area contributed by atoms with Gasteiger partial charge in [-0.05, 0) is 37.7 Å². The van der Waals surface area contributed by atoms with Crippen LogP contribution in [0, 0.1) is 10.1 Å². The van der Waals surface area contributed by atoms with Crippen molar-refractivity contribution in [3.63, 3.8) is 0 Å². The number of likely N-dealkylation sites (tertiary alicyclic amines) is 2. The van der Waals surface area contributed by atoms with Crippen LogP contribution in [0.2, 0.25) is 0 Å². The van der Waals surface area contributed by atoms with Crippen LogP contribution in [0.15, 0.2) is 24.3 Å². The Balaban J connectivity index is 1.71. The molecule has 1 atom stereocenters. The van der Waals surface area contributed by atoms with Crippen LogP contribution in [0.5, 0.6) is 0 Å².